The molecule has 0 aliphatic rings. The molecule has 3 rings (SSSR count). The Morgan fingerprint density at radius 3 is 2.34 bits per heavy atom. The smallest absolute Gasteiger partial charge is 0.550 e. The number of amides is 1. The summed E-state index contributed by atoms with van der Waals surface area (Å²) in [6, 6.07) is 10.2. The number of ether oxygens (including phenoxy) is 1. The van der Waals surface area contributed by atoms with Gasteiger partial charge in [0.2, 0.25) is 0 Å². The molecule has 0 radical (unpaired) electrons. The molecule has 0 fully saturated rings. The molecule has 1 aromatic heterocycles. The van der Waals surface area contributed by atoms with Crippen LogP contribution in [-0.2, 0) is 17.8 Å². The van der Waals surface area contributed by atoms with Crippen LogP contribution in [0, 0.1) is 11.6 Å². The van der Waals surface area contributed by atoms with E-state index >= 15 is 0 Å². The molecule has 0 spiro atoms. The molecule has 3 aromatic rings. The van der Waals surface area contributed by atoms with E-state index in [-0.39, 0.29) is 78.3 Å². The number of carboxylic acid groups (broad SMARTS) is 1. The first kappa shape index (κ1) is 34.4. The molecular formula is C29H34F2N3NaO6. The van der Waals surface area contributed by atoms with Crippen molar-refractivity contribution in [2.24, 2.45) is 0 Å². The number of aliphatic hydroxyl groups excluding tert-OH is 2. The van der Waals surface area contributed by atoms with Gasteiger partial charge < -0.3 is 29.8 Å². The molecule has 12 heteroatoms. The second-order valence-electron chi connectivity index (χ2n) is 10.0. The maximum Gasteiger partial charge on any atom is 1.00 e. The standard InChI is InChI=1S/C29H35F2N3O6.Na/c1-17(2)26-23(13-12-21(35)14-22(36)15-25(37)38)34(20-10-8-19(30)9-11-20)32-28(26)29(39)33(3)16-18-6-5-7-24(40-4)27(18)31;/h5-11,17,21-22,35-36H,12-16H2,1-4H3,(H,37,38);/q;+1/p-1/t21-,22-;/m1./s1. The monoisotopic (exact) mass is 581 g/mol. The van der Waals surface area contributed by atoms with Gasteiger partial charge in [-0.05, 0) is 55.5 Å². The molecule has 1 amide bonds. The van der Waals surface area contributed by atoms with E-state index in [1.54, 1.807) is 12.1 Å². The van der Waals surface area contributed by atoms with Crippen molar-refractivity contribution in [3.8, 4) is 11.4 Å². The SMILES string of the molecule is COc1cccc(CN(C)C(=O)c2nn(-c3ccc(F)cc3)c(CC[C@@H](O)C[C@@H](O)CC(=O)[O-])c2C(C)C)c1F.[Na+]. The molecular weight excluding hydrogens is 547 g/mol. The topological polar surface area (TPSA) is 128 Å². The molecule has 0 saturated carbocycles. The van der Waals surface area contributed by atoms with Crippen molar-refractivity contribution in [2.45, 2.75) is 64.2 Å². The number of carboxylic acids is 1. The summed E-state index contributed by atoms with van der Waals surface area (Å²) in [5.41, 5.74) is 2.09. The first-order chi connectivity index (χ1) is 18.9. The fourth-order valence-electron chi connectivity index (χ4n) is 4.62. The zero-order valence-electron chi connectivity index (χ0n) is 23.9. The zero-order chi connectivity index (χ0) is 29.6. The molecule has 2 N–H and O–H groups in total. The summed E-state index contributed by atoms with van der Waals surface area (Å²) in [5, 5.41) is 35.7. The Morgan fingerprint density at radius 1 is 1.10 bits per heavy atom. The fourth-order valence-corrected chi connectivity index (χ4v) is 4.62. The van der Waals surface area contributed by atoms with E-state index in [2.05, 4.69) is 5.10 Å². The quantitative estimate of drug-likeness (QED) is 0.267. The minimum absolute atomic E-state index is 0. The van der Waals surface area contributed by atoms with E-state index in [9.17, 15) is 33.7 Å². The average molecular weight is 582 g/mol. The number of aliphatic carboxylic acids is 1. The Morgan fingerprint density at radius 2 is 1.76 bits per heavy atom. The number of nitrogens with zero attached hydrogens (tertiary/aromatic N) is 3. The number of halogens is 2. The first-order valence-electron chi connectivity index (χ1n) is 12.9. The molecule has 0 aliphatic carbocycles. The van der Waals surface area contributed by atoms with Gasteiger partial charge in [0.15, 0.2) is 17.3 Å². The molecule has 0 unspecified atom stereocenters. The molecule has 216 valence electrons. The number of methoxy groups -OCH3 is 1. The maximum absolute atomic E-state index is 14.8. The summed E-state index contributed by atoms with van der Waals surface area (Å²) in [6.45, 7) is 3.72. The number of rotatable bonds is 13. The zero-order valence-corrected chi connectivity index (χ0v) is 25.9. The van der Waals surface area contributed by atoms with Crippen molar-refractivity contribution < 1.29 is 68.0 Å². The molecule has 0 bridgehead atoms. The number of aromatic nitrogens is 2. The van der Waals surface area contributed by atoms with Gasteiger partial charge in [0.05, 0.1) is 25.0 Å². The fraction of sp³-hybridized carbons (Fsp3) is 0.414. The van der Waals surface area contributed by atoms with Crippen molar-refractivity contribution in [1.29, 1.82) is 0 Å². The van der Waals surface area contributed by atoms with Gasteiger partial charge in [-0.1, -0.05) is 26.0 Å². The third-order valence-corrected chi connectivity index (χ3v) is 6.55. The molecule has 41 heavy (non-hydrogen) atoms. The van der Waals surface area contributed by atoms with Crippen LogP contribution in [0.1, 0.15) is 66.3 Å². The molecule has 9 nitrogen and oxygen atoms in total. The average Bonchev–Trinajstić information content (AvgIpc) is 3.27. The van der Waals surface area contributed by atoms with Gasteiger partial charge in [-0.2, -0.15) is 5.10 Å². The first-order valence-corrected chi connectivity index (χ1v) is 12.9. The van der Waals surface area contributed by atoms with Gasteiger partial charge in [0, 0.05) is 42.8 Å². The van der Waals surface area contributed by atoms with E-state index in [4.69, 9.17) is 4.74 Å². The number of hydrogen-bond acceptors (Lipinski definition) is 7. The predicted octanol–water partition coefficient (Wildman–Crippen LogP) is -0.257. The molecule has 2 atom stereocenters. The van der Waals surface area contributed by atoms with Crippen molar-refractivity contribution in [3.63, 3.8) is 0 Å². The normalized spacial score (nSPS) is 12.5. The van der Waals surface area contributed by atoms with E-state index in [0.717, 1.165) is 0 Å². The van der Waals surface area contributed by atoms with Gasteiger partial charge in [0.1, 0.15) is 5.82 Å². The van der Waals surface area contributed by atoms with E-state index in [0.29, 0.717) is 16.9 Å². The van der Waals surface area contributed by atoms with Gasteiger partial charge >= 0.3 is 29.6 Å². The number of carbonyl (C=O) groups is 2. The van der Waals surface area contributed by atoms with Crippen molar-refractivity contribution in [1.82, 2.24) is 14.7 Å². The number of benzene rings is 2. The van der Waals surface area contributed by atoms with Gasteiger partial charge in [0.25, 0.3) is 5.91 Å². The Bertz CT molecular complexity index is 1330. The molecule has 2 aromatic carbocycles. The maximum atomic E-state index is 14.8. The van der Waals surface area contributed by atoms with Gasteiger partial charge in [-0.15, -0.1) is 0 Å². The van der Waals surface area contributed by atoms with Gasteiger partial charge in [-0.3, -0.25) is 4.79 Å². The van der Waals surface area contributed by atoms with Crippen LogP contribution in [0.4, 0.5) is 8.78 Å². The molecule has 0 saturated heterocycles. The van der Waals surface area contributed by atoms with Crippen LogP contribution in [0.15, 0.2) is 42.5 Å². The largest absolute Gasteiger partial charge is 1.00 e. The van der Waals surface area contributed by atoms with Crippen LogP contribution < -0.4 is 39.4 Å². The van der Waals surface area contributed by atoms with Crippen LogP contribution >= 0.6 is 0 Å². The Labute approximate surface area is 260 Å². The second kappa shape index (κ2) is 15.4. The molecule has 1 heterocycles. The number of carbonyl (C=O) groups excluding carboxylic acids is 2. The number of hydrogen-bond donors (Lipinski definition) is 2. The van der Waals surface area contributed by atoms with Crippen LogP contribution in [0.5, 0.6) is 5.75 Å². The van der Waals surface area contributed by atoms with Crippen molar-refractivity contribution in [2.75, 3.05) is 14.2 Å². The third kappa shape index (κ3) is 8.83. The van der Waals surface area contributed by atoms with Crippen LogP contribution in [-0.4, -0.2) is 63.1 Å². The van der Waals surface area contributed by atoms with Gasteiger partial charge in [-0.25, -0.2) is 13.5 Å². The van der Waals surface area contributed by atoms with E-state index in [1.807, 2.05) is 13.8 Å². The summed E-state index contributed by atoms with van der Waals surface area (Å²) in [4.78, 5) is 25.8. The summed E-state index contributed by atoms with van der Waals surface area (Å²) in [7, 11) is 2.89. The Balaban J connectivity index is 0.00000588. The minimum Gasteiger partial charge on any atom is -0.550 e. The predicted molar refractivity (Wildman–Crippen MR) is 141 cm³/mol. The van der Waals surface area contributed by atoms with Crippen molar-refractivity contribution >= 4 is 11.9 Å². The molecule has 0 aliphatic heterocycles. The second-order valence-corrected chi connectivity index (χ2v) is 10.0. The third-order valence-electron chi connectivity index (χ3n) is 6.55. The van der Waals surface area contributed by atoms with E-state index < -0.39 is 42.1 Å². The summed E-state index contributed by atoms with van der Waals surface area (Å²) >= 11 is 0. The minimum atomic E-state index is -1.42. The number of aliphatic hydroxyl groups is 2. The van der Waals surface area contributed by atoms with Crippen molar-refractivity contribution in [3.05, 3.63) is 76.6 Å². The van der Waals surface area contributed by atoms with Crippen LogP contribution in [0.3, 0.4) is 0 Å². The summed E-state index contributed by atoms with van der Waals surface area (Å²) in [6.07, 6.45) is -2.72. The van der Waals surface area contributed by atoms with Crippen LogP contribution in [0.25, 0.3) is 5.69 Å². The van der Waals surface area contributed by atoms with Crippen LogP contribution in [0.2, 0.25) is 0 Å². The summed E-state index contributed by atoms with van der Waals surface area (Å²) in [5.74, 6) is -3.02. The Kier molecular flexibility index (Phi) is 12.9. The van der Waals surface area contributed by atoms with E-state index in [1.165, 1.54) is 54.1 Å². The summed E-state index contributed by atoms with van der Waals surface area (Å²) < 4.78 is 35.0. The Hall–Kier alpha value is -2.83.